The molecule has 0 bridgehead atoms. The average molecular weight is 302 g/mol. The standard InChI is InChI=1S/C16H22N4O2/c1-16(2,3)22-15(21)20-8-6-12(11-20)10-19-14-13(9-17)5-4-7-18-14/h4-5,7,12H,6,8,10-11H2,1-3H3,(H,18,19)/t12-/m0/s1. The maximum Gasteiger partial charge on any atom is 0.410 e. The molecule has 6 nitrogen and oxygen atoms in total. The average Bonchev–Trinajstić information content (AvgIpc) is 2.92. The highest BCUT2D eigenvalue weighted by Gasteiger charge is 2.29. The molecule has 1 N–H and O–H groups in total. The highest BCUT2D eigenvalue weighted by Crippen LogP contribution is 2.20. The highest BCUT2D eigenvalue weighted by molar-refractivity contribution is 5.68. The third kappa shape index (κ3) is 4.35. The Bertz CT molecular complexity index is 574. The number of rotatable bonds is 3. The Morgan fingerprint density at radius 3 is 3.05 bits per heavy atom. The third-order valence-electron chi connectivity index (χ3n) is 3.42. The van der Waals surface area contributed by atoms with Crippen molar-refractivity contribution in [2.75, 3.05) is 25.0 Å². The molecule has 1 aliphatic rings. The lowest BCUT2D eigenvalue weighted by Crippen LogP contribution is -2.35. The van der Waals surface area contributed by atoms with Crippen LogP contribution in [0.4, 0.5) is 10.6 Å². The van der Waals surface area contributed by atoms with Gasteiger partial charge in [-0.2, -0.15) is 5.26 Å². The molecular formula is C16H22N4O2. The fourth-order valence-electron chi connectivity index (χ4n) is 2.37. The van der Waals surface area contributed by atoms with Crippen LogP contribution in [0.15, 0.2) is 18.3 Å². The topological polar surface area (TPSA) is 78.2 Å². The number of ether oxygens (including phenoxy) is 1. The van der Waals surface area contributed by atoms with E-state index >= 15 is 0 Å². The van der Waals surface area contributed by atoms with Crippen LogP contribution in [-0.2, 0) is 4.74 Å². The Kier molecular flexibility index (Phi) is 4.86. The summed E-state index contributed by atoms with van der Waals surface area (Å²) in [4.78, 5) is 17.9. The number of nitriles is 1. The van der Waals surface area contributed by atoms with Gasteiger partial charge >= 0.3 is 6.09 Å². The second-order valence-electron chi connectivity index (χ2n) is 6.47. The van der Waals surface area contributed by atoms with Crippen LogP contribution in [0, 0.1) is 17.2 Å². The molecule has 0 aliphatic carbocycles. The number of pyridine rings is 1. The van der Waals surface area contributed by atoms with Gasteiger partial charge in [-0.3, -0.25) is 0 Å². The van der Waals surface area contributed by atoms with Gasteiger partial charge in [-0.05, 0) is 45.2 Å². The Labute approximate surface area is 131 Å². The molecule has 0 spiro atoms. The number of aromatic nitrogens is 1. The van der Waals surface area contributed by atoms with Gasteiger partial charge in [-0.25, -0.2) is 9.78 Å². The summed E-state index contributed by atoms with van der Waals surface area (Å²) in [5.74, 6) is 0.932. The molecule has 6 heteroatoms. The monoisotopic (exact) mass is 302 g/mol. The fourth-order valence-corrected chi connectivity index (χ4v) is 2.37. The highest BCUT2D eigenvalue weighted by atomic mass is 16.6. The lowest BCUT2D eigenvalue weighted by Gasteiger charge is -2.24. The number of hydrogen-bond acceptors (Lipinski definition) is 5. The zero-order valence-corrected chi connectivity index (χ0v) is 13.3. The number of nitrogens with zero attached hydrogens (tertiary/aromatic N) is 3. The predicted molar refractivity (Wildman–Crippen MR) is 83.4 cm³/mol. The van der Waals surface area contributed by atoms with Crippen LogP contribution in [0.1, 0.15) is 32.8 Å². The second kappa shape index (κ2) is 6.65. The molecule has 118 valence electrons. The van der Waals surface area contributed by atoms with Crippen molar-refractivity contribution >= 4 is 11.9 Å². The van der Waals surface area contributed by atoms with Crippen LogP contribution >= 0.6 is 0 Å². The molecule has 2 rings (SSSR count). The second-order valence-corrected chi connectivity index (χ2v) is 6.47. The molecule has 22 heavy (non-hydrogen) atoms. The minimum absolute atomic E-state index is 0.259. The van der Waals surface area contributed by atoms with Crippen molar-refractivity contribution in [1.82, 2.24) is 9.88 Å². The first-order chi connectivity index (χ1) is 10.4. The SMILES string of the molecule is CC(C)(C)OC(=O)N1CC[C@@H](CNc2ncccc2C#N)C1. The van der Waals surface area contributed by atoms with Gasteiger partial charge < -0.3 is 15.0 Å². The van der Waals surface area contributed by atoms with Crippen molar-refractivity contribution < 1.29 is 9.53 Å². The maximum absolute atomic E-state index is 12.0. The van der Waals surface area contributed by atoms with Gasteiger partial charge in [0.25, 0.3) is 0 Å². The van der Waals surface area contributed by atoms with Crippen LogP contribution in [0.2, 0.25) is 0 Å². The Hall–Kier alpha value is -2.29. The summed E-state index contributed by atoms with van der Waals surface area (Å²) in [6.07, 6.45) is 2.32. The number of likely N-dealkylation sites (tertiary alicyclic amines) is 1. The summed E-state index contributed by atoms with van der Waals surface area (Å²) in [5, 5.41) is 12.2. The van der Waals surface area contributed by atoms with E-state index in [-0.39, 0.29) is 6.09 Å². The van der Waals surface area contributed by atoms with Crippen molar-refractivity contribution in [1.29, 1.82) is 5.26 Å². The molecule has 2 heterocycles. The largest absolute Gasteiger partial charge is 0.444 e. The Balaban J connectivity index is 1.84. The zero-order valence-electron chi connectivity index (χ0n) is 13.3. The van der Waals surface area contributed by atoms with Crippen LogP contribution < -0.4 is 5.32 Å². The minimum atomic E-state index is -0.469. The summed E-state index contributed by atoms with van der Waals surface area (Å²) >= 11 is 0. The number of anilines is 1. The van der Waals surface area contributed by atoms with Crippen molar-refractivity contribution in [3.63, 3.8) is 0 Å². The number of hydrogen-bond donors (Lipinski definition) is 1. The van der Waals surface area contributed by atoms with Gasteiger partial charge in [0, 0.05) is 25.8 Å². The van der Waals surface area contributed by atoms with Crippen LogP contribution in [0.3, 0.4) is 0 Å². The van der Waals surface area contributed by atoms with E-state index < -0.39 is 5.60 Å². The molecular weight excluding hydrogens is 280 g/mol. The molecule has 1 saturated heterocycles. The van der Waals surface area contributed by atoms with Gasteiger partial charge in [0.1, 0.15) is 17.5 Å². The first-order valence-corrected chi connectivity index (χ1v) is 7.46. The van der Waals surface area contributed by atoms with Gasteiger partial charge in [-0.15, -0.1) is 0 Å². The number of carbonyl (C=O) groups is 1. The van der Waals surface area contributed by atoms with E-state index in [0.29, 0.717) is 36.9 Å². The van der Waals surface area contributed by atoms with E-state index in [1.807, 2.05) is 20.8 Å². The van der Waals surface area contributed by atoms with E-state index in [4.69, 9.17) is 10.00 Å². The first kappa shape index (κ1) is 16.1. The van der Waals surface area contributed by atoms with Gasteiger partial charge in [0.2, 0.25) is 0 Å². The molecule has 1 fully saturated rings. The van der Waals surface area contributed by atoms with Gasteiger partial charge in [0.15, 0.2) is 0 Å². The van der Waals surface area contributed by atoms with E-state index in [1.165, 1.54) is 0 Å². The fraction of sp³-hybridized carbons (Fsp3) is 0.562. The zero-order chi connectivity index (χ0) is 16.2. The van der Waals surface area contributed by atoms with Gasteiger partial charge in [-0.1, -0.05) is 0 Å². The van der Waals surface area contributed by atoms with Crippen molar-refractivity contribution in [3.05, 3.63) is 23.9 Å². The lowest BCUT2D eigenvalue weighted by molar-refractivity contribution is 0.0289. The normalized spacial score (nSPS) is 17.9. The summed E-state index contributed by atoms with van der Waals surface area (Å²) in [7, 11) is 0. The van der Waals surface area contributed by atoms with Crippen LogP contribution in [-0.4, -0.2) is 41.2 Å². The number of carbonyl (C=O) groups excluding carboxylic acids is 1. The summed E-state index contributed by atoms with van der Waals surface area (Å²) in [6, 6.07) is 5.59. The van der Waals surface area contributed by atoms with E-state index in [9.17, 15) is 4.79 Å². The van der Waals surface area contributed by atoms with Crippen molar-refractivity contribution in [3.8, 4) is 6.07 Å². The van der Waals surface area contributed by atoms with Crippen molar-refractivity contribution in [2.45, 2.75) is 32.8 Å². The molecule has 0 radical (unpaired) electrons. The van der Waals surface area contributed by atoms with E-state index in [0.717, 1.165) is 6.42 Å². The van der Waals surface area contributed by atoms with Crippen LogP contribution in [0.25, 0.3) is 0 Å². The summed E-state index contributed by atoms with van der Waals surface area (Å²) < 4.78 is 5.38. The van der Waals surface area contributed by atoms with Crippen LogP contribution in [0.5, 0.6) is 0 Å². The summed E-state index contributed by atoms with van der Waals surface area (Å²) in [5.41, 5.74) is 0.0628. The number of amides is 1. The van der Waals surface area contributed by atoms with Crippen molar-refractivity contribution in [2.24, 2.45) is 5.92 Å². The Morgan fingerprint density at radius 1 is 1.59 bits per heavy atom. The van der Waals surface area contributed by atoms with Gasteiger partial charge in [0.05, 0.1) is 5.56 Å². The molecule has 1 aliphatic heterocycles. The first-order valence-electron chi connectivity index (χ1n) is 7.46. The van der Waals surface area contributed by atoms with E-state index in [1.54, 1.807) is 23.2 Å². The maximum atomic E-state index is 12.0. The molecule has 1 atom stereocenters. The molecule has 0 saturated carbocycles. The molecule has 1 amide bonds. The molecule has 1 aromatic heterocycles. The lowest BCUT2D eigenvalue weighted by atomic mass is 10.1. The number of nitrogens with one attached hydrogen (secondary N) is 1. The molecule has 0 unspecified atom stereocenters. The third-order valence-corrected chi connectivity index (χ3v) is 3.42. The smallest absolute Gasteiger partial charge is 0.410 e. The Morgan fingerprint density at radius 2 is 2.36 bits per heavy atom. The molecule has 0 aromatic carbocycles. The molecule has 1 aromatic rings. The van der Waals surface area contributed by atoms with E-state index in [2.05, 4.69) is 16.4 Å². The predicted octanol–water partition coefficient (Wildman–Crippen LogP) is 2.62. The summed E-state index contributed by atoms with van der Waals surface area (Å²) in [6.45, 7) is 7.65. The quantitative estimate of drug-likeness (QED) is 0.928. The minimum Gasteiger partial charge on any atom is -0.444 e.